The van der Waals surface area contributed by atoms with Crippen LogP contribution in [0.25, 0.3) is 0 Å². The van der Waals surface area contributed by atoms with Gasteiger partial charge >= 0.3 is 0 Å². The summed E-state index contributed by atoms with van der Waals surface area (Å²) in [7, 11) is -7.18. The van der Waals surface area contributed by atoms with Crippen LogP contribution in [0.15, 0.2) is 51.2 Å². The van der Waals surface area contributed by atoms with Gasteiger partial charge in [-0.15, -0.1) is 0 Å². The summed E-state index contributed by atoms with van der Waals surface area (Å²) >= 11 is 0. The fourth-order valence-corrected chi connectivity index (χ4v) is 5.48. The topological polar surface area (TPSA) is 153 Å². The van der Waals surface area contributed by atoms with Gasteiger partial charge in [0.15, 0.2) is 19.7 Å². The third kappa shape index (κ3) is 6.51. The van der Waals surface area contributed by atoms with Gasteiger partial charge in [-0.25, -0.2) is 16.8 Å². The van der Waals surface area contributed by atoms with Crippen LogP contribution in [0.2, 0.25) is 0 Å². The van der Waals surface area contributed by atoms with Crippen LogP contribution in [0.3, 0.4) is 0 Å². The van der Waals surface area contributed by atoms with Gasteiger partial charge in [-0.05, 0) is 47.2 Å². The van der Waals surface area contributed by atoms with Crippen LogP contribution in [0.5, 0.6) is 0 Å². The van der Waals surface area contributed by atoms with E-state index in [1.54, 1.807) is 12.1 Å². The van der Waals surface area contributed by atoms with Gasteiger partial charge in [0.2, 0.25) is 5.96 Å². The number of carbonyl (C=O) groups is 2. The first-order valence-electron chi connectivity index (χ1n) is 10.4. The summed E-state index contributed by atoms with van der Waals surface area (Å²) in [4.78, 5) is 28.8. The van der Waals surface area contributed by atoms with Crippen LogP contribution in [-0.2, 0) is 19.7 Å². The molecule has 0 aromatic heterocycles. The second kappa shape index (κ2) is 10.1. The van der Waals surface area contributed by atoms with E-state index in [2.05, 4.69) is 10.3 Å². The van der Waals surface area contributed by atoms with E-state index in [1.807, 2.05) is 27.7 Å². The number of carbonyl (C=O) groups excluding carboxylic acids is 2. The molecular weight excluding hydrogens is 478 g/mol. The predicted molar refractivity (Wildman–Crippen MR) is 131 cm³/mol. The van der Waals surface area contributed by atoms with Crippen molar-refractivity contribution in [3.8, 4) is 0 Å². The first kappa shape index (κ1) is 27.2. The van der Waals surface area contributed by atoms with Gasteiger partial charge in [0, 0.05) is 23.6 Å². The number of aliphatic imine (C=N–C) groups is 1. The Morgan fingerprint density at radius 2 is 1.21 bits per heavy atom. The number of nitrogens with two attached hydrogens (primary N) is 1. The van der Waals surface area contributed by atoms with Crippen molar-refractivity contribution in [1.29, 1.82) is 0 Å². The summed E-state index contributed by atoms with van der Waals surface area (Å²) in [6.07, 6.45) is 2.11. The average Bonchev–Trinajstić information content (AvgIpc) is 2.71. The first-order valence-corrected chi connectivity index (χ1v) is 14.2. The molecule has 0 aliphatic heterocycles. The first-order chi connectivity index (χ1) is 15.5. The van der Waals surface area contributed by atoms with Gasteiger partial charge in [-0.3, -0.25) is 14.9 Å². The summed E-state index contributed by atoms with van der Waals surface area (Å²) in [5, 5.41) is 2.25. The highest BCUT2D eigenvalue weighted by molar-refractivity contribution is 7.91. The largest absolute Gasteiger partial charge is 0.369 e. The van der Waals surface area contributed by atoms with E-state index < -0.39 is 37.4 Å². The van der Waals surface area contributed by atoms with Crippen LogP contribution >= 0.6 is 0 Å². The Balaban J connectivity index is 2.34. The molecule has 9 nitrogen and oxygen atoms in total. The van der Waals surface area contributed by atoms with Crippen LogP contribution in [0, 0.1) is 0 Å². The van der Waals surface area contributed by atoms with Crippen molar-refractivity contribution < 1.29 is 26.4 Å². The smallest absolute Gasteiger partial charge is 0.280 e. The molecule has 0 aliphatic rings. The van der Waals surface area contributed by atoms with E-state index in [0.29, 0.717) is 11.1 Å². The lowest BCUT2D eigenvalue weighted by Crippen LogP contribution is -2.37. The molecule has 2 aromatic rings. The van der Waals surface area contributed by atoms with Crippen molar-refractivity contribution in [2.45, 2.75) is 49.3 Å². The van der Waals surface area contributed by atoms with E-state index in [4.69, 9.17) is 5.73 Å². The normalized spacial score (nSPS) is 12.8. The van der Waals surface area contributed by atoms with Crippen molar-refractivity contribution in [3.05, 3.63) is 58.7 Å². The standard InChI is InChI=1S/C23H29N3O6S2/c1-13(2)17-9-7-15(11-19(17)33(5,29)30)21(27)25-23(24)26-22(28)16-8-10-18(14(3)4)20(12-16)34(6,31)32/h7-14H,1-6H3,(H3,24,25,26,27,28). The monoisotopic (exact) mass is 507 g/mol. The second-order valence-electron chi connectivity index (χ2n) is 8.62. The zero-order chi connectivity index (χ0) is 26.0. The zero-order valence-electron chi connectivity index (χ0n) is 19.9. The number of sulfone groups is 2. The molecular formula is C23H29N3O6S2. The summed E-state index contributed by atoms with van der Waals surface area (Å²) in [5.74, 6) is -2.27. The van der Waals surface area contributed by atoms with Crippen LogP contribution < -0.4 is 11.1 Å². The zero-order valence-corrected chi connectivity index (χ0v) is 21.5. The Labute approximate surface area is 200 Å². The maximum atomic E-state index is 12.6. The lowest BCUT2D eigenvalue weighted by Gasteiger charge is -2.13. The summed E-state index contributed by atoms with van der Waals surface area (Å²) < 4.78 is 48.6. The number of hydrogen-bond acceptors (Lipinski definition) is 6. The molecule has 0 fully saturated rings. The highest BCUT2D eigenvalue weighted by atomic mass is 32.2. The minimum absolute atomic E-state index is 0.0114. The molecule has 34 heavy (non-hydrogen) atoms. The molecule has 0 heterocycles. The highest BCUT2D eigenvalue weighted by Crippen LogP contribution is 2.26. The van der Waals surface area contributed by atoms with E-state index in [-0.39, 0.29) is 32.8 Å². The molecule has 2 aromatic carbocycles. The molecule has 2 rings (SSSR count). The molecule has 0 spiro atoms. The Kier molecular flexibility index (Phi) is 8.05. The molecule has 0 aliphatic carbocycles. The Bertz CT molecular complexity index is 1380. The quantitative estimate of drug-likeness (QED) is 0.450. The minimum Gasteiger partial charge on any atom is -0.369 e. The Morgan fingerprint density at radius 3 is 1.62 bits per heavy atom. The average molecular weight is 508 g/mol. The van der Waals surface area contributed by atoms with Gasteiger partial charge in [0.05, 0.1) is 9.79 Å². The third-order valence-corrected chi connectivity index (χ3v) is 7.35. The van der Waals surface area contributed by atoms with Crippen molar-refractivity contribution in [2.75, 3.05) is 12.5 Å². The molecule has 0 saturated heterocycles. The van der Waals surface area contributed by atoms with E-state index in [9.17, 15) is 26.4 Å². The number of amides is 2. The lowest BCUT2D eigenvalue weighted by atomic mass is 10.0. The summed E-state index contributed by atoms with van der Waals surface area (Å²) in [6, 6.07) is 8.47. The number of hydrogen-bond donors (Lipinski definition) is 2. The molecule has 0 saturated carbocycles. The third-order valence-electron chi connectivity index (χ3n) is 5.04. The number of benzene rings is 2. The Morgan fingerprint density at radius 1 is 0.794 bits per heavy atom. The van der Waals surface area contributed by atoms with Crippen molar-refractivity contribution in [2.24, 2.45) is 10.7 Å². The van der Waals surface area contributed by atoms with Gasteiger partial charge in [0.25, 0.3) is 11.8 Å². The molecule has 0 bridgehead atoms. The number of nitrogens with one attached hydrogen (secondary N) is 1. The highest BCUT2D eigenvalue weighted by Gasteiger charge is 2.20. The molecule has 0 atom stereocenters. The molecule has 3 N–H and O–H groups in total. The van der Waals surface area contributed by atoms with Gasteiger partial charge in [-0.2, -0.15) is 4.99 Å². The Hall–Kier alpha value is -3.05. The van der Waals surface area contributed by atoms with Crippen LogP contribution in [-0.4, -0.2) is 47.1 Å². The number of nitrogens with zero attached hydrogens (tertiary/aromatic N) is 1. The predicted octanol–water partition coefficient (Wildman–Crippen LogP) is 2.63. The van der Waals surface area contributed by atoms with E-state index in [0.717, 1.165) is 12.5 Å². The van der Waals surface area contributed by atoms with Gasteiger partial charge < -0.3 is 5.73 Å². The molecule has 0 unspecified atom stereocenters. The summed E-state index contributed by atoms with van der Waals surface area (Å²) in [5.41, 5.74) is 6.86. The second-order valence-corrected chi connectivity index (χ2v) is 12.6. The molecule has 0 radical (unpaired) electrons. The maximum absolute atomic E-state index is 12.6. The number of guanidine groups is 1. The lowest BCUT2D eigenvalue weighted by molar-refractivity contribution is 0.0976. The maximum Gasteiger partial charge on any atom is 0.280 e. The SMILES string of the molecule is CC(C)c1ccc(C(=O)N=C(N)NC(=O)c2ccc(C(C)C)c(S(C)(=O)=O)c2)cc1S(C)(=O)=O. The van der Waals surface area contributed by atoms with Gasteiger partial charge in [-0.1, -0.05) is 39.8 Å². The van der Waals surface area contributed by atoms with Crippen molar-refractivity contribution in [1.82, 2.24) is 5.32 Å². The van der Waals surface area contributed by atoms with Gasteiger partial charge in [0.1, 0.15) is 0 Å². The molecule has 2 amide bonds. The number of rotatable bonds is 6. The van der Waals surface area contributed by atoms with Crippen molar-refractivity contribution >= 4 is 37.4 Å². The summed E-state index contributed by atoms with van der Waals surface area (Å²) in [6.45, 7) is 7.34. The van der Waals surface area contributed by atoms with Crippen LogP contribution in [0.1, 0.15) is 71.4 Å². The fourth-order valence-electron chi connectivity index (χ4n) is 3.33. The molecule has 11 heteroatoms. The molecule has 184 valence electrons. The van der Waals surface area contributed by atoms with E-state index in [1.165, 1.54) is 24.3 Å². The van der Waals surface area contributed by atoms with Crippen LogP contribution in [0.4, 0.5) is 0 Å². The van der Waals surface area contributed by atoms with Crippen molar-refractivity contribution in [3.63, 3.8) is 0 Å². The minimum atomic E-state index is -3.59. The fraction of sp³-hybridized carbons (Fsp3) is 0.348. The van der Waals surface area contributed by atoms with E-state index >= 15 is 0 Å².